The zero-order valence-corrected chi connectivity index (χ0v) is 52.9. The van der Waals surface area contributed by atoms with Crippen LogP contribution in [0.4, 0.5) is 0 Å². The van der Waals surface area contributed by atoms with Gasteiger partial charge in [0.1, 0.15) is 13.2 Å². The molecule has 0 saturated carbocycles. The van der Waals surface area contributed by atoms with Crippen LogP contribution in [0.2, 0.25) is 0 Å². The Bertz CT molecular complexity index is 1410. The predicted octanol–water partition coefficient (Wildman–Crippen LogP) is 23.9. The van der Waals surface area contributed by atoms with Crippen LogP contribution in [0.5, 0.6) is 0 Å². The van der Waals surface area contributed by atoms with Gasteiger partial charge in [0.25, 0.3) is 0 Å². The third-order valence-corrected chi connectivity index (χ3v) is 15.5. The summed E-state index contributed by atoms with van der Waals surface area (Å²) in [6.07, 6.45) is 86.9. The Morgan fingerprint density at radius 2 is 0.494 bits per heavy atom. The minimum Gasteiger partial charge on any atom is -0.462 e. The molecule has 0 heterocycles. The van der Waals surface area contributed by atoms with Gasteiger partial charge in [-0.3, -0.25) is 14.4 Å². The first kappa shape index (κ1) is 76.1. The van der Waals surface area contributed by atoms with Gasteiger partial charge < -0.3 is 14.2 Å². The third kappa shape index (κ3) is 65.8. The van der Waals surface area contributed by atoms with Crippen LogP contribution >= 0.6 is 0 Å². The van der Waals surface area contributed by atoms with E-state index in [4.69, 9.17) is 14.2 Å². The molecule has 0 rings (SSSR count). The topological polar surface area (TPSA) is 78.9 Å². The molecular formula is C73H132O6. The lowest BCUT2D eigenvalue weighted by atomic mass is 10.0. The predicted molar refractivity (Wildman–Crippen MR) is 344 cm³/mol. The second-order valence-corrected chi connectivity index (χ2v) is 23.4. The van der Waals surface area contributed by atoms with Gasteiger partial charge in [-0.05, 0) is 57.8 Å². The number of unbranched alkanes of at least 4 members (excludes halogenated alkanes) is 43. The molecule has 0 fully saturated rings. The highest BCUT2D eigenvalue weighted by Gasteiger charge is 2.19. The van der Waals surface area contributed by atoms with E-state index in [1.165, 1.54) is 244 Å². The van der Waals surface area contributed by atoms with E-state index in [0.29, 0.717) is 19.3 Å². The van der Waals surface area contributed by atoms with Crippen LogP contribution in [0.1, 0.15) is 367 Å². The number of rotatable bonds is 64. The van der Waals surface area contributed by atoms with E-state index < -0.39 is 6.10 Å². The molecule has 0 amide bonds. The molecule has 0 aromatic rings. The van der Waals surface area contributed by atoms with E-state index in [0.717, 1.165) is 77.0 Å². The fraction of sp³-hybridized carbons (Fsp3) is 0.822. The Balaban J connectivity index is 4.33. The van der Waals surface area contributed by atoms with Gasteiger partial charge in [0.05, 0.1) is 0 Å². The Morgan fingerprint density at radius 3 is 0.772 bits per heavy atom. The molecule has 6 nitrogen and oxygen atoms in total. The average Bonchev–Trinajstić information content (AvgIpc) is 3.45. The minimum atomic E-state index is -0.796. The van der Waals surface area contributed by atoms with Gasteiger partial charge in [-0.2, -0.15) is 0 Å². The summed E-state index contributed by atoms with van der Waals surface area (Å²) >= 11 is 0. The monoisotopic (exact) mass is 1110 g/mol. The molecule has 460 valence electrons. The number of ether oxygens (including phenoxy) is 3. The van der Waals surface area contributed by atoms with Gasteiger partial charge in [0.2, 0.25) is 0 Å². The maximum atomic E-state index is 12.9. The van der Waals surface area contributed by atoms with Gasteiger partial charge in [-0.15, -0.1) is 0 Å². The first-order chi connectivity index (χ1) is 39.0. The maximum Gasteiger partial charge on any atom is 0.306 e. The first-order valence-corrected chi connectivity index (χ1v) is 34.8. The van der Waals surface area contributed by atoms with Crippen molar-refractivity contribution in [2.45, 2.75) is 374 Å². The highest BCUT2D eigenvalue weighted by atomic mass is 16.6. The minimum absolute atomic E-state index is 0.0868. The quantitative estimate of drug-likeness (QED) is 0.0261. The van der Waals surface area contributed by atoms with Crippen molar-refractivity contribution in [3.8, 4) is 0 Å². The fourth-order valence-corrected chi connectivity index (χ4v) is 10.4. The molecule has 0 N–H and O–H groups in total. The van der Waals surface area contributed by atoms with Crippen LogP contribution in [0, 0.1) is 0 Å². The van der Waals surface area contributed by atoms with Crippen molar-refractivity contribution in [3.63, 3.8) is 0 Å². The highest BCUT2D eigenvalue weighted by molar-refractivity contribution is 5.71. The molecule has 0 aliphatic carbocycles. The van der Waals surface area contributed by atoms with Crippen LogP contribution in [-0.4, -0.2) is 37.2 Å². The van der Waals surface area contributed by atoms with Gasteiger partial charge in [0, 0.05) is 19.3 Å². The smallest absolute Gasteiger partial charge is 0.306 e. The Labute approximate surface area is 491 Å². The average molecular weight is 1110 g/mol. The summed E-state index contributed by atoms with van der Waals surface area (Å²) in [5, 5.41) is 0. The van der Waals surface area contributed by atoms with Gasteiger partial charge >= 0.3 is 17.9 Å². The van der Waals surface area contributed by atoms with E-state index in [1.54, 1.807) is 0 Å². The van der Waals surface area contributed by atoms with Gasteiger partial charge in [-0.25, -0.2) is 0 Å². The fourth-order valence-electron chi connectivity index (χ4n) is 10.4. The van der Waals surface area contributed by atoms with Crippen molar-refractivity contribution in [1.29, 1.82) is 0 Å². The van der Waals surface area contributed by atoms with Gasteiger partial charge in [0.15, 0.2) is 6.10 Å². The van der Waals surface area contributed by atoms with Crippen LogP contribution in [0.3, 0.4) is 0 Å². The molecular weight excluding hydrogens is 973 g/mol. The molecule has 0 aliphatic rings. The third-order valence-electron chi connectivity index (χ3n) is 15.5. The molecule has 6 heteroatoms. The summed E-state index contributed by atoms with van der Waals surface area (Å²) in [7, 11) is 0. The van der Waals surface area contributed by atoms with E-state index in [-0.39, 0.29) is 37.5 Å². The van der Waals surface area contributed by atoms with Crippen LogP contribution < -0.4 is 0 Å². The first-order valence-electron chi connectivity index (χ1n) is 34.8. The summed E-state index contributed by atoms with van der Waals surface area (Å²) in [6.45, 7) is 6.55. The number of allylic oxidation sites excluding steroid dienone is 10. The summed E-state index contributed by atoms with van der Waals surface area (Å²) in [5.74, 6) is -0.922. The zero-order valence-electron chi connectivity index (χ0n) is 52.9. The van der Waals surface area contributed by atoms with Gasteiger partial charge in [-0.1, -0.05) is 351 Å². The van der Waals surface area contributed by atoms with Crippen molar-refractivity contribution in [2.24, 2.45) is 0 Å². The van der Waals surface area contributed by atoms with Crippen molar-refractivity contribution >= 4 is 17.9 Å². The van der Waals surface area contributed by atoms with Crippen LogP contribution in [0.15, 0.2) is 60.8 Å². The number of hydrogen-bond acceptors (Lipinski definition) is 6. The van der Waals surface area contributed by atoms with E-state index in [2.05, 4.69) is 81.5 Å². The Hall–Kier alpha value is -2.89. The molecule has 0 spiro atoms. The molecule has 0 aromatic carbocycles. The summed E-state index contributed by atoms with van der Waals surface area (Å²) in [5.41, 5.74) is 0. The number of carbonyl (C=O) groups excluding carboxylic acids is 3. The lowest BCUT2D eigenvalue weighted by Crippen LogP contribution is -2.30. The van der Waals surface area contributed by atoms with Crippen LogP contribution in [-0.2, 0) is 28.6 Å². The largest absolute Gasteiger partial charge is 0.462 e. The number of carbonyl (C=O) groups is 3. The Kier molecular flexibility index (Phi) is 65.1. The maximum absolute atomic E-state index is 12.9. The normalized spacial score (nSPS) is 12.4. The molecule has 0 aliphatic heterocycles. The molecule has 79 heavy (non-hydrogen) atoms. The zero-order chi connectivity index (χ0) is 57.1. The molecule has 0 radical (unpaired) electrons. The molecule has 0 aromatic heterocycles. The van der Waals surface area contributed by atoms with Crippen molar-refractivity contribution in [3.05, 3.63) is 60.8 Å². The molecule has 1 unspecified atom stereocenters. The highest BCUT2D eigenvalue weighted by Crippen LogP contribution is 2.18. The Morgan fingerprint density at radius 1 is 0.266 bits per heavy atom. The van der Waals surface area contributed by atoms with Crippen molar-refractivity contribution < 1.29 is 28.6 Å². The standard InChI is InChI=1S/C73H132O6/c1-4-7-10-13-16-19-22-25-28-31-33-34-35-36-37-38-40-42-45-48-51-54-57-60-63-66-72(75)78-69-70(68-77-71(74)65-62-59-56-53-50-47-44-41-30-27-24-21-18-15-12-9-6-3)79-73(76)67-64-61-58-55-52-49-46-43-39-32-29-26-23-20-17-14-11-8-5-2/h9,12,18,21,27,30,44,47,53,56,70H,4-8,10-11,13-17,19-20,22-26,28-29,31-43,45-46,48-52,54-55,57-69H2,1-3H3/b12-9-,21-18-,30-27-,47-44-,56-53-. The second-order valence-electron chi connectivity index (χ2n) is 23.4. The lowest BCUT2D eigenvalue weighted by molar-refractivity contribution is -0.167. The number of hydrogen-bond donors (Lipinski definition) is 0. The molecule has 0 saturated heterocycles. The lowest BCUT2D eigenvalue weighted by Gasteiger charge is -2.18. The van der Waals surface area contributed by atoms with E-state index >= 15 is 0 Å². The summed E-state index contributed by atoms with van der Waals surface area (Å²) in [4.78, 5) is 38.4. The van der Waals surface area contributed by atoms with Crippen molar-refractivity contribution in [2.75, 3.05) is 13.2 Å². The van der Waals surface area contributed by atoms with Crippen LogP contribution in [0.25, 0.3) is 0 Å². The summed E-state index contributed by atoms with van der Waals surface area (Å²) in [6, 6.07) is 0. The molecule has 0 bridgehead atoms. The molecule has 1 atom stereocenters. The van der Waals surface area contributed by atoms with E-state index in [9.17, 15) is 14.4 Å². The number of esters is 3. The SMILES string of the molecule is CC/C=C\C/C=C\C/C=C\C/C=C\C/C=C\CCCC(=O)OCC(COC(=O)CCCCCCCCCCCCCCCCCCCCCCCCCCC)OC(=O)CCCCCCCCCCCCCCCCCCCCC. The summed E-state index contributed by atoms with van der Waals surface area (Å²) < 4.78 is 16.9. The van der Waals surface area contributed by atoms with E-state index in [1.807, 2.05) is 0 Å². The van der Waals surface area contributed by atoms with Crippen molar-refractivity contribution in [1.82, 2.24) is 0 Å². The second kappa shape index (κ2) is 67.6.